The molecule has 3 heterocycles. The zero-order chi connectivity index (χ0) is 22.6. The van der Waals surface area contributed by atoms with Crippen LogP contribution >= 0.6 is 0 Å². The Labute approximate surface area is 197 Å². The molecule has 2 aliphatic carbocycles. The Kier molecular flexibility index (Phi) is 5.08. The number of aromatic nitrogens is 2. The third-order valence-electron chi connectivity index (χ3n) is 9.13. The molecule has 4 aliphatic rings. The molecule has 1 saturated carbocycles. The van der Waals surface area contributed by atoms with Crippen molar-refractivity contribution in [2.75, 3.05) is 14.1 Å². The Balaban J connectivity index is 1.36. The largest absolute Gasteiger partial charge is 0.367 e. The molecule has 1 spiro atoms. The van der Waals surface area contributed by atoms with Gasteiger partial charge in [-0.15, -0.1) is 0 Å². The van der Waals surface area contributed by atoms with E-state index in [1.165, 1.54) is 29.6 Å². The molecule has 172 valence electrons. The minimum absolute atomic E-state index is 0.0647. The van der Waals surface area contributed by atoms with Crippen LogP contribution in [0.1, 0.15) is 57.4 Å². The summed E-state index contributed by atoms with van der Waals surface area (Å²) >= 11 is 0. The van der Waals surface area contributed by atoms with Gasteiger partial charge in [0.25, 0.3) is 0 Å². The summed E-state index contributed by atoms with van der Waals surface area (Å²) in [4.78, 5) is 2.40. The third kappa shape index (κ3) is 3.41. The summed E-state index contributed by atoms with van der Waals surface area (Å²) in [5, 5.41) is 10.4. The second-order valence-corrected chi connectivity index (χ2v) is 11.1. The van der Waals surface area contributed by atoms with Crippen LogP contribution in [0.15, 0.2) is 60.5 Å². The van der Waals surface area contributed by atoms with Gasteiger partial charge in [0.05, 0.1) is 24.1 Å². The van der Waals surface area contributed by atoms with Crippen LogP contribution in [0.4, 0.5) is 0 Å². The SMILES string of the molecule is CN(C)[C@@H]1CC/C2=C/C=C/CC3(C)C(c4ccc5cnncc5c4)=CC[C@H]3[C@@H]3CC[C@]2(C1)O3. The predicted octanol–water partition coefficient (Wildman–Crippen LogP) is 5.96. The molecule has 0 N–H and O–H groups in total. The van der Waals surface area contributed by atoms with E-state index < -0.39 is 0 Å². The standard InChI is InChI=1S/C29H35N3O/c1-28-14-5-4-6-23-9-10-24(32(2)3)17-29(23)15-13-27(33-29)26(28)12-11-25(28)20-7-8-21-18-30-31-19-22(21)16-20/h4-8,11,16,18-19,24,26-27H,9-10,12-15,17H2,1-3H3/b5-4+,23-6-/t24-,26+,27+,28?,29-/m1/s1. The average molecular weight is 442 g/mol. The monoisotopic (exact) mass is 441 g/mol. The zero-order valence-electron chi connectivity index (χ0n) is 20.1. The van der Waals surface area contributed by atoms with Crippen LogP contribution in [-0.2, 0) is 4.74 Å². The normalized spacial score (nSPS) is 38.4. The number of hydrogen-bond donors (Lipinski definition) is 0. The highest BCUT2D eigenvalue weighted by Gasteiger charge is 2.53. The first-order chi connectivity index (χ1) is 16.0. The molecule has 5 atom stereocenters. The van der Waals surface area contributed by atoms with Crippen LogP contribution in [0.25, 0.3) is 16.3 Å². The van der Waals surface area contributed by atoms with Crippen LogP contribution in [0, 0.1) is 11.3 Å². The lowest BCUT2D eigenvalue weighted by atomic mass is 9.68. The van der Waals surface area contributed by atoms with Gasteiger partial charge in [-0.25, -0.2) is 0 Å². The van der Waals surface area contributed by atoms with E-state index in [-0.39, 0.29) is 11.0 Å². The van der Waals surface area contributed by atoms with Gasteiger partial charge in [-0.1, -0.05) is 43.4 Å². The summed E-state index contributed by atoms with van der Waals surface area (Å²) in [7, 11) is 4.45. The smallest absolute Gasteiger partial charge is 0.0914 e. The van der Waals surface area contributed by atoms with Crippen molar-refractivity contribution in [3.63, 3.8) is 0 Å². The van der Waals surface area contributed by atoms with Crippen LogP contribution in [0.3, 0.4) is 0 Å². The van der Waals surface area contributed by atoms with Crippen molar-refractivity contribution in [2.24, 2.45) is 11.3 Å². The molecule has 33 heavy (non-hydrogen) atoms. The Hall–Kier alpha value is -2.30. The second-order valence-electron chi connectivity index (χ2n) is 11.1. The van der Waals surface area contributed by atoms with E-state index in [1.54, 1.807) is 0 Å². The van der Waals surface area contributed by atoms with Gasteiger partial charge in [0.2, 0.25) is 0 Å². The number of rotatable bonds is 2. The lowest BCUT2D eigenvalue weighted by molar-refractivity contribution is -0.0774. The van der Waals surface area contributed by atoms with Crippen LogP contribution in [0.2, 0.25) is 0 Å². The number of fused-ring (bicyclic) bond motifs is 4. The van der Waals surface area contributed by atoms with Crippen molar-refractivity contribution in [3.05, 3.63) is 66.0 Å². The summed E-state index contributed by atoms with van der Waals surface area (Å²) in [5.74, 6) is 0.516. The molecular formula is C29H35N3O. The van der Waals surface area contributed by atoms with Crippen molar-refractivity contribution in [2.45, 2.75) is 69.6 Å². The fourth-order valence-electron chi connectivity index (χ4n) is 7.16. The number of benzene rings is 1. The Bertz CT molecular complexity index is 1160. The zero-order valence-corrected chi connectivity index (χ0v) is 20.1. The minimum atomic E-state index is -0.0647. The van der Waals surface area contributed by atoms with Crippen LogP contribution < -0.4 is 0 Å². The van der Waals surface area contributed by atoms with Gasteiger partial charge in [-0.05, 0) is 87.7 Å². The molecule has 0 radical (unpaired) electrons. The lowest BCUT2D eigenvalue weighted by Crippen LogP contribution is -2.46. The number of ether oxygens (including phenoxy) is 1. The molecule has 6 rings (SSSR count). The Morgan fingerprint density at radius 3 is 2.79 bits per heavy atom. The maximum atomic E-state index is 7.16. The average Bonchev–Trinajstić information content (AvgIpc) is 3.38. The van der Waals surface area contributed by atoms with E-state index in [9.17, 15) is 0 Å². The summed E-state index contributed by atoms with van der Waals surface area (Å²) in [6.45, 7) is 2.47. The van der Waals surface area contributed by atoms with Gasteiger partial charge >= 0.3 is 0 Å². The number of allylic oxidation sites excluding steroid dienone is 5. The van der Waals surface area contributed by atoms with Crippen LogP contribution in [-0.4, -0.2) is 46.9 Å². The molecule has 2 aliphatic heterocycles. The summed E-state index contributed by atoms with van der Waals surface area (Å²) < 4.78 is 7.16. The fourth-order valence-corrected chi connectivity index (χ4v) is 7.16. The summed E-state index contributed by atoms with van der Waals surface area (Å²) in [6.07, 6.45) is 21.7. The molecule has 1 saturated heterocycles. The topological polar surface area (TPSA) is 38.2 Å². The summed E-state index contributed by atoms with van der Waals surface area (Å²) in [5.41, 5.74) is 4.33. The highest BCUT2D eigenvalue weighted by Crippen LogP contribution is 2.58. The molecule has 4 nitrogen and oxygen atoms in total. The fraction of sp³-hybridized carbons (Fsp3) is 0.517. The van der Waals surface area contributed by atoms with Gasteiger partial charge in [-0.3, -0.25) is 0 Å². The number of nitrogens with zero attached hydrogens (tertiary/aromatic N) is 3. The highest BCUT2D eigenvalue weighted by molar-refractivity contribution is 5.86. The van der Waals surface area contributed by atoms with Crippen molar-refractivity contribution < 1.29 is 4.74 Å². The molecule has 2 aromatic rings. The third-order valence-corrected chi connectivity index (χ3v) is 9.13. The van der Waals surface area contributed by atoms with E-state index in [1.807, 2.05) is 12.4 Å². The van der Waals surface area contributed by atoms with E-state index in [2.05, 4.69) is 78.6 Å². The van der Waals surface area contributed by atoms with Gasteiger partial charge in [0.1, 0.15) is 0 Å². The molecule has 2 bridgehead atoms. The van der Waals surface area contributed by atoms with Crippen LogP contribution in [0.5, 0.6) is 0 Å². The minimum Gasteiger partial charge on any atom is -0.367 e. The quantitative estimate of drug-likeness (QED) is 0.577. The molecule has 1 aromatic heterocycles. The first-order valence-corrected chi connectivity index (χ1v) is 12.6. The molecule has 0 amide bonds. The van der Waals surface area contributed by atoms with Gasteiger partial charge in [0, 0.05) is 22.2 Å². The van der Waals surface area contributed by atoms with Crippen molar-refractivity contribution in [1.29, 1.82) is 0 Å². The van der Waals surface area contributed by atoms with Gasteiger partial charge in [0.15, 0.2) is 0 Å². The lowest BCUT2D eigenvalue weighted by Gasteiger charge is -2.44. The number of hydrogen-bond acceptors (Lipinski definition) is 4. The summed E-state index contributed by atoms with van der Waals surface area (Å²) in [6, 6.07) is 7.36. The molecule has 2 fully saturated rings. The van der Waals surface area contributed by atoms with E-state index in [0.29, 0.717) is 18.1 Å². The maximum absolute atomic E-state index is 7.16. The Morgan fingerprint density at radius 2 is 1.94 bits per heavy atom. The second kappa shape index (κ2) is 7.89. The van der Waals surface area contributed by atoms with Crippen molar-refractivity contribution in [1.82, 2.24) is 15.1 Å². The van der Waals surface area contributed by atoms with E-state index in [0.717, 1.165) is 42.9 Å². The Morgan fingerprint density at radius 1 is 1.09 bits per heavy atom. The van der Waals surface area contributed by atoms with Gasteiger partial charge in [-0.2, -0.15) is 10.2 Å². The van der Waals surface area contributed by atoms with E-state index >= 15 is 0 Å². The van der Waals surface area contributed by atoms with Gasteiger partial charge < -0.3 is 9.64 Å². The molecule has 1 unspecified atom stereocenters. The van der Waals surface area contributed by atoms with E-state index in [4.69, 9.17) is 4.74 Å². The van der Waals surface area contributed by atoms with Crippen molar-refractivity contribution in [3.8, 4) is 0 Å². The maximum Gasteiger partial charge on any atom is 0.0914 e. The predicted molar refractivity (Wildman–Crippen MR) is 134 cm³/mol. The highest BCUT2D eigenvalue weighted by atomic mass is 16.5. The molecule has 1 aromatic carbocycles. The molecular weight excluding hydrogens is 406 g/mol. The van der Waals surface area contributed by atoms with Crippen molar-refractivity contribution >= 4 is 16.3 Å². The first-order valence-electron chi connectivity index (χ1n) is 12.6. The molecule has 4 heteroatoms. The first kappa shape index (κ1) is 21.2.